The van der Waals surface area contributed by atoms with E-state index < -0.39 is 0 Å². The number of nitrogens with one attached hydrogen (secondary N) is 2. The van der Waals surface area contributed by atoms with E-state index in [1.165, 1.54) is 11.1 Å². The zero-order valence-corrected chi connectivity index (χ0v) is 18.4. The van der Waals surface area contributed by atoms with Crippen molar-refractivity contribution in [1.29, 1.82) is 0 Å². The van der Waals surface area contributed by atoms with Crippen molar-refractivity contribution >= 4 is 5.96 Å². The van der Waals surface area contributed by atoms with Gasteiger partial charge in [-0.05, 0) is 25.1 Å². The van der Waals surface area contributed by atoms with Crippen LogP contribution in [0.2, 0.25) is 0 Å². The fourth-order valence-electron chi connectivity index (χ4n) is 3.92. The van der Waals surface area contributed by atoms with E-state index in [2.05, 4.69) is 68.6 Å². The highest BCUT2D eigenvalue weighted by atomic mass is 16.5. The number of benzene rings is 1. The van der Waals surface area contributed by atoms with Gasteiger partial charge in [0, 0.05) is 72.0 Å². The number of likely N-dealkylation sites (N-methyl/N-ethyl adjacent to an activating group) is 1. The van der Waals surface area contributed by atoms with Gasteiger partial charge in [0.15, 0.2) is 5.96 Å². The minimum atomic E-state index is 0.496. The van der Waals surface area contributed by atoms with Crippen LogP contribution in [0.4, 0.5) is 0 Å². The first-order chi connectivity index (χ1) is 14.2. The number of guanidine groups is 1. The molecule has 7 nitrogen and oxygen atoms in total. The number of rotatable bonds is 7. The molecule has 1 unspecified atom stereocenters. The van der Waals surface area contributed by atoms with Gasteiger partial charge >= 0.3 is 0 Å². The Labute approximate surface area is 176 Å². The Morgan fingerprint density at radius 2 is 1.72 bits per heavy atom. The molecule has 29 heavy (non-hydrogen) atoms. The average Bonchev–Trinajstić information content (AvgIpc) is 2.76. The molecule has 7 heteroatoms. The summed E-state index contributed by atoms with van der Waals surface area (Å²) in [5.41, 5.74) is 2.71. The maximum Gasteiger partial charge on any atom is 0.191 e. The number of hydrogen-bond acceptors (Lipinski definition) is 5. The predicted octanol–water partition coefficient (Wildman–Crippen LogP) is 0.820. The lowest BCUT2D eigenvalue weighted by Gasteiger charge is -2.36. The molecule has 3 rings (SSSR count). The molecule has 2 N–H and O–H groups in total. The van der Waals surface area contributed by atoms with E-state index in [0.717, 1.165) is 78.1 Å². The van der Waals surface area contributed by atoms with Crippen molar-refractivity contribution in [3.63, 3.8) is 0 Å². The summed E-state index contributed by atoms with van der Waals surface area (Å²) in [5.74, 6) is 0.868. The summed E-state index contributed by atoms with van der Waals surface area (Å²) in [5, 5.41) is 7.00. The summed E-state index contributed by atoms with van der Waals surface area (Å²) >= 11 is 0. The summed E-state index contributed by atoms with van der Waals surface area (Å²) in [7, 11) is 4.04. The summed E-state index contributed by atoms with van der Waals surface area (Å²) in [6, 6.07) is 9.19. The zero-order chi connectivity index (χ0) is 20.5. The number of piperazine rings is 1. The molecular weight excluding hydrogens is 364 g/mol. The Morgan fingerprint density at radius 1 is 1.03 bits per heavy atom. The van der Waals surface area contributed by atoms with Crippen LogP contribution >= 0.6 is 0 Å². The minimum absolute atomic E-state index is 0.496. The Bertz CT molecular complexity index is 638. The maximum absolute atomic E-state index is 5.47. The third-order valence-corrected chi connectivity index (χ3v) is 6.01. The summed E-state index contributed by atoms with van der Waals surface area (Å²) in [4.78, 5) is 11.8. The van der Waals surface area contributed by atoms with E-state index in [4.69, 9.17) is 4.74 Å². The van der Waals surface area contributed by atoms with E-state index in [-0.39, 0.29) is 0 Å². The van der Waals surface area contributed by atoms with Crippen LogP contribution in [0.25, 0.3) is 0 Å². The highest BCUT2D eigenvalue weighted by molar-refractivity contribution is 5.79. The first-order valence-corrected chi connectivity index (χ1v) is 10.9. The highest BCUT2D eigenvalue weighted by Crippen LogP contribution is 2.13. The van der Waals surface area contributed by atoms with Gasteiger partial charge in [-0.2, -0.15) is 0 Å². The second-order valence-electron chi connectivity index (χ2n) is 8.15. The second kappa shape index (κ2) is 11.5. The standard InChI is InChI=1S/C22H38N6O/c1-19(28-10-8-26(3)9-11-28)16-24-22(23-2)25-17-20-6-4-5-7-21(20)18-27-12-14-29-15-13-27/h4-7,19H,8-18H2,1-3H3,(H2,23,24,25). The molecule has 2 fully saturated rings. The van der Waals surface area contributed by atoms with Gasteiger partial charge in [-0.1, -0.05) is 24.3 Å². The van der Waals surface area contributed by atoms with Crippen LogP contribution in [0, 0.1) is 0 Å². The summed E-state index contributed by atoms with van der Waals surface area (Å²) in [6.07, 6.45) is 0. The Hall–Kier alpha value is -1.67. The molecule has 0 amide bonds. The first kappa shape index (κ1) is 22.0. The van der Waals surface area contributed by atoms with Crippen molar-refractivity contribution in [3.05, 3.63) is 35.4 Å². The van der Waals surface area contributed by atoms with Gasteiger partial charge in [0.2, 0.25) is 0 Å². The molecule has 2 aliphatic rings. The number of nitrogens with zero attached hydrogens (tertiary/aromatic N) is 4. The molecule has 0 spiro atoms. The van der Waals surface area contributed by atoms with Gasteiger partial charge in [-0.15, -0.1) is 0 Å². The summed E-state index contributed by atoms with van der Waals surface area (Å²) < 4.78 is 5.47. The highest BCUT2D eigenvalue weighted by Gasteiger charge is 2.19. The first-order valence-electron chi connectivity index (χ1n) is 10.9. The lowest BCUT2D eigenvalue weighted by Crippen LogP contribution is -2.52. The minimum Gasteiger partial charge on any atom is -0.379 e. The van der Waals surface area contributed by atoms with Gasteiger partial charge < -0.3 is 20.3 Å². The van der Waals surface area contributed by atoms with Gasteiger partial charge in [0.25, 0.3) is 0 Å². The quantitative estimate of drug-likeness (QED) is 0.520. The fraction of sp³-hybridized carbons (Fsp3) is 0.682. The molecular formula is C22H38N6O. The van der Waals surface area contributed by atoms with Crippen LogP contribution in [-0.2, 0) is 17.8 Å². The van der Waals surface area contributed by atoms with Gasteiger partial charge in [0.05, 0.1) is 13.2 Å². The SMILES string of the molecule is CN=C(NCc1ccccc1CN1CCOCC1)NCC(C)N1CCN(C)CC1. The molecule has 1 aromatic carbocycles. The molecule has 0 aromatic heterocycles. The third-order valence-electron chi connectivity index (χ3n) is 6.01. The molecule has 0 saturated carbocycles. The summed E-state index contributed by atoms with van der Waals surface area (Å²) in [6.45, 7) is 13.2. The molecule has 1 atom stereocenters. The normalized spacial score (nSPS) is 21.1. The molecule has 162 valence electrons. The average molecular weight is 403 g/mol. The van der Waals surface area contributed by atoms with Gasteiger partial charge in [-0.25, -0.2) is 0 Å². The molecule has 2 heterocycles. The smallest absolute Gasteiger partial charge is 0.191 e. The van der Waals surface area contributed by atoms with Crippen LogP contribution < -0.4 is 10.6 Å². The molecule has 1 aromatic rings. The Kier molecular flexibility index (Phi) is 8.73. The van der Waals surface area contributed by atoms with E-state index in [1.807, 2.05) is 7.05 Å². The second-order valence-corrected chi connectivity index (χ2v) is 8.15. The number of hydrogen-bond donors (Lipinski definition) is 2. The largest absolute Gasteiger partial charge is 0.379 e. The van der Waals surface area contributed by atoms with Crippen LogP contribution in [0.5, 0.6) is 0 Å². The van der Waals surface area contributed by atoms with Crippen LogP contribution in [0.3, 0.4) is 0 Å². The maximum atomic E-state index is 5.47. The Morgan fingerprint density at radius 3 is 2.41 bits per heavy atom. The third kappa shape index (κ3) is 6.96. The number of ether oxygens (including phenoxy) is 1. The monoisotopic (exact) mass is 402 g/mol. The number of aliphatic imine (C=N–C) groups is 1. The lowest BCUT2D eigenvalue weighted by atomic mass is 10.1. The van der Waals surface area contributed by atoms with Crippen LogP contribution in [-0.4, -0.2) is 99.8 Å². The molecule has 0 radical (unpaired) electrons. The zero-order valence-electron chi connectivity index (χ0n) is 18.4. The molecule has 0 bridgehead atoms. The van der Waals surface area contributed by atoms with E-state index >= 15 is 0 Å². The van der Waals surface area contributed by atoms with Crippen molar-refractivity contribution in [3.8, 4) is 0 Å². The van der Waals surface area contributed by atoms with E-state index in [0.29, 0.717) is 6.04 Å². The van der Waals surface area contributed by atoms with Crippen molar-refractivity contribution in [2.24, 2.45) is 4.99 Å². The fourth-order valence-corrected chi connectivity index (χ4v) is 3.92. The van der Waals surface area contributed by atoms with Crippen LogP contribution in [0.1, 0.15) is 18.1 Å². The molecule has 2 aliphatic heterocycles. The van der Waals surface area contributed by atoms with Gasteiger partial charge in [0.1, 0.15) is 0 Å². The number of morpholine rings is 1. The predicted molar refractivity (Wildman–Crippen MR) is 119 cm³/mol. The van der Waals surface area contributed by atoms with Crippen molar-refractivity contribution in [2.75, 3.05) is 73.1 Å². The van der Waals surface area contributed by atoms with Crippen molar-refractivity contribution in [2.45, 2.75) is 26.1 Å². The Balaban J connectivity index is 1.46. The lowest BCUT2D eigenvalue weighted by molar-refractivity contribution is 0.0341. The van der Waals surface area contributed by atoms with E-state index in [1.54, 1.807) is 0 Å². The van der Waals surface area contributed by atoms with Gasteiger partial charge in [-0.3, -0.25) is 14.8 Å². The van der Waals surface area contributed by atoms with Crippen molar-refractivity contribution in [1.82, 2.24) is 25.3 Å². The van der Waals surface area contributed by atoms with Crippen LogP contribution in [0.15, 0.2) is 29.3 Å². The topological polar surface area (TPSA) is 55.4 Å². The van der Waals surface area contributed by atoms with E-state index in [9.17, 15) is 0 Å². The molecule has 2 saturated heterocycles. The van der Waals surface area contributed by atoms with Crippen molar-refractivity contribution < 1.29 is 4.74 Å². The molecule has 0 aliphatic carbocycles.